The third kappa shape index (κ3) is 3.76. The molecule has 0 atom stereocenters. The smallest absolute Gasteiger partial charge is 0.324 e. The number of anilines is 1. The van der Waals surface area contributed by atoms with Gasteiger partial charge in [0.25, 0.3) is 0 Å². The van der Waals surface area contributed by atoms with Gasteiger partial charge in [0.05, 0.1) is 5.52 Å². The van der Waals surface area contributed by atoms with E-state index < -0.39 is 11.5 Å². The number of nitrogens with one attached hydrogen (secondary N) is 1. The van der Waals surface area contributed by atoms with Gasteiger partial charge in [-0.3, -0.25) is 9.36 Å². The number of carbonyl (C=O) groups is 1. The maximum atomic E-state index is 13.7. The molecule has 2 heterocycles. The highest BCUT2D eigenvalue weighted by Crippen LogP contribution is 2.22. The zero-order valence-electron chi connectivity index (χ0n) is 18.0. The van der Waals surface area contributed by atoms with Crippen molar-refractivity contribution in [3.8, 4) is 11.4 Å². The number of aryl methyl sites for hydroxylation is 2. The number of fused-ring (bicyclic) bond motifs is 3. The van der Waals surface area contributed by atoms with Crippen LogP contribution in [0.15, 0.2) is 71.5 Å². The van der Waals surface area contributed by atoms with E-state index in [2.05, 4.69) is 15.4 Å². The summed E-state index contributed by atoms with van der Waals surface area (Å²) in [6.07, 6.45) is 0. The van der Waals surface area contributed by atoms with Crippen LogP contribution in [0, 0.1) is 19.7 Å². The summed E-state index contributed by atoms with van der Waals surface area (Å²) < 4.78 is 16.2. The molecule has 33 heavy (non-hydrogen) atoms. The van der Waals surface area contributed by atoms with Gasteiger partial charge < -0.3 is 5.32 Å². The van der Waals surface area contributed by atoms with E-state index in [1.807, 2.05) is 44.2 Å². The molecule has 0 aliphatic heterocycles. The first-order chi connectivity index (χ1) is 15.9. The van der Waals surface area contributed by atoms with Crippen molar-refractivity contribution in [2.24, 2.45) is 0 Å². The van der Waals surface area contributed by atoms with Gasteiger partial charge in [-0.15, -0.1) is 5.10 Å². The molecule has 164 valence electrons. The van der Waals surface area contributed by atoms with Crippen LogP contribution in [0.5, 0.6) is 0 Å². The van der Waals surface area contributed by atoms with Crippen LogP contribution >= 0.6 is 0 Å². The first-order valence-electron chi connectivity index (χ1n) is 10.4. The van der Waals surface area contributed by atoms with Crippen molar-refractivity contribution in [3.63, 3.8) is 0 Å². The number of halogens is 1. The van der Waals surface area contributed by atoms with E-state index in [9.17, 15) is 14.0 Å². The molecule has 1 N–H and O–H groups in total. The number of rotatable bonds is 4. The fourth-order valence-corrected chi connectivity index (χ4v) is 3.93. The highest BCUT2D eigenvalue weighted by atomic mass is 19.1. The molecule has 2 aromatic heterocycles. The van der Waals surface area contributed by atoms with Crippen molar-refractivity contribution in [1.82, 2.24) is 19.2 Å². The number of para-hydroxylation sites is 1. The van der Waals surface area contributed by atoms with Gasteiger partial charge in [-0.25, -0.2) is 14.2 Å². The molecule has 3 aromatic carbocycles. The number of carbonyl (C=O) groups excluding carboxylic acids is 1. The van der Waals surface area contributed by atoms with Gasteiger partial charge in [0.15, 0.2) is 11.5 Å². The molecule has 0 bridgehead atoms. The molecule has 7 nitrogen and oxygen atoms in total. The Bertz CT molecular complexity index is 1600. The van der Waals surface area contributed by atoms with Gasteiger partial charge in [0.2, 0.25) is 5.91 Å². The number of hydrogen-bond donors (Lipinski definition) is 1. The van der Waals surface area contributed by atoms with Gasteiger partial charge in [-0.2, -0.15) is 4.52 Å². The number of benzene rings is 3. The van der Waals surface area contributed by atoms with Gasteiger partial charge in [-0.1, -0.05) is 42.0 Å². The average Bonchev–Trinajstić information content (AvgIpc) is 3.25. The van der Waals surface area contributed by atoms with E-state index in [1.165, 1.54) is 16.7 Å². The molecule has 0 unspecified atom stereocenters. The molecule has 0 radical (unpaired) electrons. The van der Waals surface area contributed by atoms with E-state index in [0.717, 1.165) is 15.6 Å². The molecule has 0 saturated carbocycles. The number of hydrogen-bond acceptors (Lipinski definition) is 4. The third-order valence-corrected chi connectivity index (χ3v) is 5.50. The van der Waals surface area contributed by atoms with E-state index in [0.29, 0.717) is 27.8 Å². The summed E-state index contributed by atoms with van der Waals surface area (Å²) in [4.78, 5) is 30.7. The largest absolute Gasteiger partial charge is 0.351 e. The van der Waals surface area contributed by atoms with Crippen LogP contribution in [0.25, 0.3) is 27.9 Å². The fourth-order valence-electron chi connectivity index (χ4n) is 3.93. The van der Waals surface area contributed by atoms with E-state index in [-0.39, 0.29) is 18.3 Å². The Morgan fingerprint density at radius 1 is 1.03 bits per heavy atom. The highest BCUT2D eigenvalue weighted by molar-refractivity contribution is 5.95. The maximum Gasteiger partial charge on any atom is 0.351 e. The average molecular weight is 441 g/mol. The summed E-state index contributed by atoms with van der Waals surface area (Å²) in [5, 5.41) is 7.86. The Kier molecular flexibility index (Phi) is 4.97. The van der Waals surface area contributed by atoms with Crippen molar-refractivity contribution in [2.45, 2.75) is 20.4 Å². The Balaban J connectivity index is 1.60. The van der Waals surface area contributed by atoms with Crippen LogP contribution in [0.4, 0.5) is 10.1 Å². The molecule has 0 fully saturated rings. The van der Waals surface area contributed by atoms with E-state index in [1.54, 1.807) is 24.3 Å². The lowest BCUT2D eigenvalue weighted by Gasteiger charge is -2.12. The van der Waals surface area contributed by atoms with Crippen molar-refractivity contribution >= 4 is 28.1 Å². The molecule has 0 aliphatic carbocycles. The SMILES string of the molecule is Cc1ccc(NC(=O)Cn2c(=O)n3nc(-c4cccc(F)c4)nc3c3ccccc32)c(C)c1. The second-order valence-electron chi connectivity index (χ2n) is 7.93. The molecular weight excluding hydrogens is 421 g/mol. The number of nitrogens with zero attached hydrogens (tertiary/aromatic N) is 4. The summed E-state index contributed by atoms with van der Waals surface area (Å²) in [6.45, 7) is 3.70. The highest BCUT2D eigenvalue weighted by Gasteiger charge is 2.18. The monoisotopic (exact) mass is 441 g/mol. The number of aromatic nitrogens is 4. The van der Waals surface area contributed by atoms with Crippen LogP contribution in [0.3, 0.4) is 0 Å². The predicted molar refractivity (Wildman–Crippen MR) is 125 cm³/mol. The predicted octanol–water partition coefficient (Wildman–Crippen LogP) is 4.11. The van der Waals surface area contributed by atoms with Crippen LogP contribution in [0.1, 0.15) is 11.1 Å². The first kappa shape index (κ1) is 20.6. The maximum absolute atomic E-state index is 13.7. The first-order valence-corrected chi connectivity index (χ1v) is 10.4. The van der Waals surface area contributed by atoms with Gasteiger partial charge in [0.1, 0.15) is 12.4 Å². The molecular formula is C25H20FN5O2. The van der Waals surface area contributed by atoms with Crippen molar-refractivity contribution in [1.29, 1.82) is 0 Å². The normalized spacial score (nSPS) is 11.2. The van der Waals surface area contributed by atoms with Gasteiger partial charge in [-0.05, 0) is 49.7 Å². The quantitative estimate of drug-likeness (QED) is 0.455. The summed E-state index contributed by atoms with van der Waals surface area (Å²) in [6, 6.07) is 18.8. The van der Waals surface area contributed by atoms with Crippen LogP contribution in [-0.4, -0.2) is 25.1 Å². The zero-order valence-corrected chi connectivity index (χ0v) is 18.0. The minimum atomic E-state index is -0.505. The molecule has 0 saturated heterocycles. The van der Waals surface area contributed by atoms with Crippen molar-refractivity contribution < 1.29 is 9.18 Å². The lowest BCUT2D eigenvalue weighted by molar-refractivity contribution is -0.116. The summed E-state index contributed by atoms with van der Waals surface area (Å²) in [5.41, 5.74) is 3.59. The zero-order chi connectivity index (χ0) is 23.1. The van der Waals surface area contributed by atoms with Crippen LogP contribution in [0.2, 0.25) is 0 Å². The second kappa shape index (κ2) is 7.98. The lowest BCUT2D eigenvalue weighted by atomic mass is 10.1. The summed E-state index contributed by atoms with van der Waals surface area (Å²) >= 11 is 0. The number of amides is 1. The van der Waals surface area contributed by atoms with Crippen LogP contribution in [-0.2, 0) is 11.3 Å². The minimum Gasteiger partial charge on any atom is -0.324 e. The molecule has 5 aromatic rings. The Morgan fingerprint density at radius 2 is 1.85 bits per heavy atom. The Labute approximate surface area is 188 Å². The van der Waals surface area contributed by atoms with E-state index >= 15 is 0 Å². The Hall–Kier alpha value is -4.33. The molecule has 0 aliphatic rings. The molecule has 0 spiro atoms. The van der Waals surface area contributed by atoms with E-state index in [4.69, 9.17) is 0 Å². The fraction of sp³-hybridized carbons (Fsp3) is 0.120. The molecule has 1 amide bonds. The molecule has 8 heteroatoms. The summed E-state index contributed by atoms with van der Waals surface area (Å²) in [7, 11) is 0. The Morgan fingerprint density at radius 3 is 2.64 bits per heavy atom. The minimum absolute atomic E-state index is 0.197. The van der Waals surface area contributed by atoms with Crippen LogP contribution < -0.4 is 11.0 Å². The standard InChI is InChI=1S/C25H20FN5O2/c1-15-10-11-20(16(2)12-15)27-22(32)14-30-21-9-4-3-8-19(21)24-28-23(29-31(24)25(30)33)17-6-5-7-18(26)13-17/h3-13H,14H2,1-2H3,(H,27,32). The topological polar surface area (TPSA) is 81.3 Å². The van der Waals surface area contributed by atoms with Gasteiger partial charge >= 0.3 is 5.69 Å². The second-order valence-corrected chi connectivity index (χ2v) is 7.93. The summed E-state index contributed by atoms with van der Waals surface area (Å²) in [5.74, 6) is -0.523. The van der Waals surface area contributed by atoms with Crippen molar-refractivity contribution in [3.05, 3.63) is 94.2 Å². The van der Waals surface area contributed by atoms with Crippen molar-refractivity contribution in [2.75, 3.05) is 5.32 Å². The van der Waals surface area contributed by atoms with Gasteiger partial charge in [0, 0.05) is 16.6 Å². The third-order valence-electron chi connectivity index (χ3n) is 5.50. The molecule has 5 rings (SSSR count). The lowest BCUT2D eigenvalue weighted by Crippen LogP contribution is -2.32.